The molecule has 0 spiro atoms. The molecular weight excluding hydrogens is 432 g/mol. The molecule has 1 saturated heterocycles. The second kappa shape index (κ2) is 10.7. The van der Waals surface area contributed by atoms with E-state index in [0.29, 0.717) is 19.4 Å². The number of ether oxygens (including phenoxy) is 2. The number of hydrogen-bond acceptors (Lipinski definition) is 5. The summed E-state index contributed by atoms with van der Waals surface area (Å²) in [6.07, 6.45) is 2.42. The molecule has 1 fully saturated rings. The molecule has 2 aromatic rings. The highest BCUT2D eigenvalue weighted by Gasteiger charge is 2.35. The molecule has 7 nitrogen and oxygen atoms in total. The lowest BCUT2D eigenvalue weighted by Crippen LogP contribution is -2.39. The Morgan fingerprint density at radius 1 is 1.06 bits per heavy atom. The van der Waals surface area contributed by atoms with Crippen molar-refractivity contribution in [1.82, 2.24) is 10.2 Å². The van der Waals surface area contributed by atoms with E-state index in [9.17, 15) is 14.4 Å². The van der Waals surface area contributed by atoms with E-state index < -0.39 is 5.92 Å². The summed E-state index contributed by atoms with van der Waals surface area (Å²) in [6, 6.07) is 16.4. The van der Waals surface area contributed by atoms with Crippen LogP contribution in [0.25, 0.3) is 11.1 Å². The molecule has 34 heavy (non-hydrogen) atoms. The third-order valence-electron chi connectivity index (χ3n) is 7.04. The Balaban J connectivity index is 1.41. The maximum Gasteiger partial charge on any atom is 0.410 e. The summed E-state index contributed by atoms with van der Waals surface area (Å²) < 4.78 is 10.8. The van der Waals surface area contributed by atoms with Crippen molar-refractivity contribution in [2.45, 2.75) is 44.1 Å². The van der Waals surface area contributed by atoms with E-state index in [0.717, 1.165) is 12.8 Å². The Morgan fingerprint density at radius 2 is 1.71 bits per heavy atom. The number of nitrogens with zero attached hydrogens (tertiary/aromatic N) is 1. The number of esters is 1. The van der Waals surface area contributed by atoms with Gasteiger partial charge in [0.2, 0.25) is 5.91 Å². The molecule has 1 aliphatic heterocycles. The van der Waals surface area contributed by atoms with Crippen molar-refractivity contribution < 1.29 is 23.9 Å². The zero-order chi connectivity index (χ0) is 24.1. The molecule has 1 aliphatic carbocycles. The van der Waals surface area contributed by atoms with Gasteiger partial charge in [0.1, 0.15) is 6.61 Å². The van der Waals surface area contributed by atoms with Gasteiger partial charge < -0.3 is 19.7 Å². The van der Waals surface area contributed by atoms with E-state index in [2.05, 4.69) is 29.6 Å². The van der Waals surface area contributed by atoms with Gasteiger partial charge in [0.25, 0.3) is 0 Å². The number of methoxy groups -OCH3 is 1. The first kappa shape index (κ1) is 23.8. The second-order valence-electron chi connectivity index (χ2n) is 8.96. The molecule has 7 heteroatoms. The number of likely N-dealkylation sites (tertiary alicyclic amines) is 1. The summed E-state index contributed by atoms with van der Waals surface area (Å²) in [4.78, 5) is 38.8. The molecule has 2 atom stereocenters. The van der Waals surface area contributed by atoms with Crippen LogP contribution < -0.4 is 5.32 Å². The molecule has 0 aromatic heterocycles. The van der Waals surface area contributed by atoms with Gasteiger partial charge in [-0.3, -0.25) is 9.59 Å². The largest absolute Gasteiger partial charge is 0.469 e. The van der Waals surface area contributed by atoms with Crippen LogP contribution in [-0.4, -0.2) is 56.2 Å². The third kappa shape index (κ3) is 4.93. The zero-order valence-electron chi connectivity index (χ0n) is 19.8. The maximum atomic E-state index is 13.1. The molecule has 0 radical (unpaired) electrons. The third-order valence-corrected chi connectivity index (χ3v) is 7.04. The predicted molar refractivity (Wildman–Crippen MR) is 128 cm³/mol. The lowest BCUT2D eigenvalue weighted by Gasteiger charge is -2.27. The quantitative estimate of drug-likeness (QED) is 0.595. The molecule has 180 valence electrons. The molecule has 1 N–H and O–H groups in total. The summed E-state index contributed by atoms with van der Waals surface area (Å²) in [6.45, 7) is 0.873. The van der Waals surface area contributed by atoms with Crippen LogP contribution in [0.2, 0.25) is 0 Å². The van der Waals surface area contributed by atoms with Crippen LogP contribution in [0, 0.1) is 5.92 Å². The molecule has 0 saturated carbocycles. The van der Waals surface area contributed by atoms with Gasteiger partial charge in [-0.15, -0.1) is 0 Å². The first-order valence-electron chi connectivity index (χ1n) is 11.9. The van der Waals surface area contributed by atoms with Gasteiger partial charge in [-0.1, -0.05) is 48.5 Å². The fourth-order valence-corrected chi connectivity index (χ4v) is 5.26. The van der Waals surface area contributed by atoms with Crippen LogP contribution >= 0.6 is 0 Å². The molecular formula is C27H32N2O5. The van der Waals surface area contributed by atoms with E-state index in [1.165, 1.54) is 29.4 Å². The number of nitrogens with one attached hydrogen (secondary N) is 1. The lowest BCUT2D eigenvalue weighted by molar-refractivity contribution is -0.146. The number of hydrogen-bond donors (Lipinski definition) is 1. The maximum absolute atomic E-state index is 13.1. The van der Waals surface area contributed by atoms with Crippen LogP contribution in [-0.2, 0) is 19.1 Å². The minimum atomic E-state index is -0.436. The Hall–Kier alpha value is -3.35. The smallest absolute Gasteiger partial charge is 0.410 e. The van der Waals surface area contributed by atoms with Crippen LogP contribution in [0.3, 0.4) is 0 Å². The van der Waals surface area contributed by atoms with Crippen molar-refractivity contribution in [2.24, 2.45) is 5.92 Å². The standard InChI is InChI=1S/C27H32N2O5/c1-28-25(30)14-13-18(26(31)33-2)16-19-8-7-15-29(19)27(32)34-17-24-22-11-5-3-9-20(22)21-10-4-6-12-23(21)24/h3-6,9-12,18-19,24H,7-8,13-17H2,1-2H3,(H,28,30). The van der Waals surface area contributed by atoms with Crippen molar-refractivity contribution >= 4 is 18.0 Å². The van der Waals surface area contributed by atoms with Crippen LogP contribution in [0.4, 0.5) is 4.79 Å². The van der Waals surface area contributed by atoms with Crippen molar-refractivity contribution in [3.8, 4) is 11.1 Å². The Kier molecular flexibility index (Phi) is 7.50. The van der Waals surface area contributed by atoms with E-state index >= 15 is 0 Å². The van der Waals surface area contributed by atoms with Gasteiger partial charge in [-0.2, -0.15) is 0 Å². The number of benzene rings is 2. The van der Waals surface area contributed by atoms with Crippen molar-refractivity contribution in [3.05, 3.63) is 59.7 Å². The number of carbonyl (C=O) groups is 3. The van der Waals surface area contributed by atoms with E-state index in [1.807, 2.05) is 24.3 Å². The normalized spacial score (nSPS) is 17.6. The van der Waals surface area contributed by atoms with Crippen LogP contribution in [0.1, 0.15) is 49.1 Å². The fraction of sp³-hybridized carbons (Fsp3) is 0.444. The Labute approximate surface area is 200 Å². The van der Waals surface area contributed by atoms with Gasteiger partial charge in [0, 0.05) is 32.0 Å². The SMILES string of the molecule is CNC(=O)CCC(CC1CCCN1C(=O)OCC1c2ccccc2-c2ccccc21)C(=O)OC. The highest BCUT2D eigenvalue weighted by atomic mass is 16.6. The first-order chi connectivity index (χ1) is 16.5. The van der Waals surface area contributed by atoms with Crippen LogP contribution in [0.5, 0.6) is 0 Å². The van der Waals surface area contributed by atoms with Gasteiger partial charge in [0.05, 0.1) is 13.0 Å². The van der Waals surface area contributed by atoms with Gasteiger partial charge in [-0.25, -0.2) is 4.79 Å². The monoisotopic (exact) mass is 464 g/mol. The topological polar surface area (TPSA) is 84.9 Å². The minimum Gasteiger partial charge on any atom is -0.469 e. The van der Waals surface area contributed by atoms with Crippen molar-refractivity contribution in [3.63, 3.8) is 0 Å². The highest BCUT2D eigenvalue weighted by Crippen LogP contribution is 2.44. The first-order valence-corrected chi connectivity index (χ1v) is 11.9. The summed E-state index contributed by atoms with van der Waals surface area (Å²) in [7, 11) is 2.93. The molecule has 2 amide bonds. The Bertz CT molecular complexity index is 1010. The molecule has 4 rings (SSSR count). The summed E-state index contributed by atoms with van der Waals surface area (Å²) in [5.74, 6) is -0.890. The molecule has 0 bridgehead atoms. The number of amides is 2. The van der Waals surface area contributed by atoms with Gasteiger partial charge in [-0.05, 0) is 47.9 Å². The second-order valence-corrected chi connectivity index (χ2v) is 8.96. The summed E-state index contributed by atoms with van der Waals surface area (Å²) >= 11 is 0. The molecule has 2 aliphatic rings. The van der Waals surface area contributed by atoms with E-state index in [4.69, 9.17) is 9.47 Å². The fourth-order valence-electron chi connectivity index (χ4n) is 5.26. The number of carbonyl (C=O) groups excluding carboxylic acids is 3. The molecule has 1 heterocycles. The van der Waals surface area contributed by atoms with Gasteiger partial charge >= 0.3 is 12.1 Å². The number of fused-ring (bicyclic) bond motifs is 3. The van der Waals surface area contributed by atoms with Crippen molar-refractivity contribution in [1.29, 1.82) is 0 Å². The van der Waals surface area contributed by atoms with Crippen LogP contribution in [0.15, 0.2) is 48.5 Å². The lowest BCUT2D eigenvalue weighted by atomic mass is 9.93. The Morgan fingerprint density at radius 3 is 2.32 bits per heavy atom. The number of rotatable bonds is 8. The molecule has 2 unspecified atom stereocenters. The minimum absolute atomic E-state index is 0.00720. The summed E-state index contributed by atoms with van der Waals surface area (Å²) in [5, 5.41) is 2.58. The predicted octanol–water partition coefficient (Wildman–Crippen LogP) is 4.11. The van der Waals surface area contributed by atoms with E-state index in [-0.39, 0.29) is 43.0 Å². The van der Waals surface area contributed by atoms with E-state index in [1.54, 1.807) is 11.9 Å². The van der Waals surface area contributed by atoms with Crippen molar-refractivity contribution in [2.75, 3.05) is 27.3 Å². The average molecular weight is 465 g/mol. The molecule has 2 aromatic carbocycles. The highest BCUT2D eigenvalue weighted by molar-refractivity contribution is 5.79. The summed E-state index contributed by atoms with van der Waals surface area (Å²) in [5.41, 5.74) is 4.73. The average Bonchev–Trinajstić information content (AvgIpc) is 3.47. The van der Waals surface area contributed by atoms with Gasteiger partial charge in [0.15, 0.2) is 0 Å². The zero-order valence-corrected chi connectivity index (χ0v) is 19.8.